The summed E-state index contributed by atoms with van der Waals surface area (Å²) >= 11 is 6.04. The lowest BCUT2D eigenvalue weighted by atomic mass is 10.1. The number of furan rings is 1. The first-order valence-electron chi connectivity index (χ1n) is 9.80. The lowest BCUT2D eigenvalue weighted by Gasteiger charge is -2.12. The number of aromatic nitrogens is 2. The molecular weight excluding hydrogens is 404 g/mol. The van der Waals surface area contributed by atoms with Gasteiger partial charge in [-0.2, -0.15) is 5.10 Å². The van der Waals surface area contributed by atoms with E-state index < -0.39 is 0 Å². The summed E-state index contributed by atoms with van der Waals surface area (Å²) in [5.41, 5.74) is 8.43. The van der Waals surface area contributed by atoms with Gasteiger partial charge in [0.05, 0.1) is 18.9 Å². The molecule has 0 aliphatic rings. The summed E-state index contributed by atoms with van der Waals surface area (Å²) in [6.45, 7) is 2.90. The summed E-state index contributed by atoms with van der Waals surface area (Å²) in [5.74, 6) is 0.624. The summed E-state index contributed by atoms with van der Waals surface area (Å²) < 4.78 is 6.71. The van der Waals surface area contributed by atoms with E-state index in [9.17, 15) is 9.59 Å². The molecule has 8 heteroatoms. The van der Waals surface area contributed by atoms with E-state index in [1.165, 1.54) is 4.68 Å². The largest absolute Gasteiger partial charge is 0.469 e. The van der Waals surface area contributed by atoms with Crippen LogP contribution >= 0.6 is 11.6 Å². The first kappa shape index (κ1) is 21.8. The summed E-state index contributed by atoms with van der Waals surface area (Å²) in [5, 5.41) is 7.64. The number of carbonyl (C=O) groups excluding carboxylic acids is 1. The highest BCUT2D eigenvalue weighted by Gasteiger charge is 2.14. The van der Waals surface area contributed by atoms with Crippen molar-refractivity contribution < 1.29 is 9.21 Å². The molecule has 30 heavy (non-hydrogen) atoms. The van der Waals surface area contributed by atoms with Crippen LogP contribution in [0.1, 0.15) is 34.4 Å². The van der Waals surface area contributed by atoms with Crippen LogP contribution in [0.4, 0.5) is 0 Å². The molecule has 2 heterocycles. The molecule has 0 fully saturated rings. The molecule has 0 saturated heterocycles. The highest BCUT2D eigenvalue weighted by Crippen LogP contribution is 2.16. The molecule has 0 radical (unpaired) electrons. The van der Waals surface area contributed by atoms with Crippen LogP contribution in [-0.2, 0) is 37.3 Å². The molecule has 2 aromatic heterocycles. The van der Waals surface area contributed by atoms with Gasteiger partial charge in [0.2, 0.25) is 5.91 Å². The van der Waals surface area contributed by atoms with Gasteiger partial charge in [0, 0.05) is 36.6 Å². The number of nitrogens with one attached hydrogen (secondary N) is 1. The van der Waals surface area contributed by atoms with Crippen molar-refractivity contribution in [2.24, 2.45) is 5.73 Å². The molecule has 7 nitrogen and oxygen atoms in total. The third kappa shape index (κ3) is 5.58. The molecule has 3 rings (SSSR count). The summed E-state index contributed by atoms with van der Waals surface area (Å²) in [4.78, 5) is 25.3. The van der Waals surface area contributed by atoms with Gasteiger partial charge in [-0.15, -0.1) is 0 Å². The SMILES string of the molecule is Cc1cnn(CCCc2ccco2)c(=O)c1CC(=O)NCc1cc(Cl)ccc1CN. The van der Waals surface area contributed by atoms with Gasteiger partial charge in [0.15, 0.2) is 0 Å². The highest BCUT2D eigenvalue weighted by molar-refractivity contribution is 6.30. The van der Waals surface area contributed by atoms with Gasteiger partial charge in [0.1, 0.15) is 5.76 Å². The Balaban J connectivity index is 1.63. The number of hydrogen-bond acceptors (Lipinski definition) is 5. The molecule has 0 saturated carbocycles. The molecule has 3 N–H and O–H groups in total. The molecule has 0 atom stereocenters. The van der Waals surface area contributed by atoms with Gasteiger partial charge in [0.25, 0.3) is 5.56 Å². The van der Waals surface area contributed by atoms with Crippen molar-refractivity contribution in [3.05, 3.63) is 86.2 Å². The average molecular weight is 429 g/mol. The molecule has 0 aliphatic heterocycles. The molecule has 3 aromatic rings. The fourth-order valence-corrected chi connectivity index (χ4v) is 3.41. The van der Waals surface area contributed by atoms with Crippen LogP contribution in [0.3, 0.4) is 0 Å². The van der Waals surface area contributed by atoms with E-state index >= 15 is 0 Å². The van der Waals surface area contributed by atoms with E-state index in [1.807, 2.05) is 18.2 Å². The fourth-order valence-electron chi connectivity index (χ4n) is 3.22. The Morgan fingerprint density at radius 3 is 2.87 bits per heavy atom. The number of rotatable bonds is 9. The van der Waals surface area contributed by atoms with E-state index in [4.69, 9.17) is 21.8 Å². The van der Waals surface area contributed by atoms with Crippen molar-refractivity contribution in [2.75, 3.05) is 0 Å². The smallest absolute Gasteiger partial charge is 0.270 e. The minimum absolute atomic E-state index is 0.0100. The fraction of sp³-hybridized carbons (Fsp3) is 0.318. The molecular formula is C22H25ClN4O3. The van der Waals surface area contributed by atoms with Gasteiger partial charge in [-0.25, -0.2) is 4.68 Å². The summed E-state index contributed by atoms with van der Waals surface area (Å²) in [6.07, 6.45) is 4.67. The Morgan fingerprint density at radius 1 is 1.30 bits per heavy atom. The zero-order chi connectivity index (χ0) is 21.5. The number of nitrogens with two attached hydrogens (primary N) is 1. The number of aryl methyl sites for hydroxylation is 3. The highest BCUT2D eigenvalue weighted by atomic mass is 35.5. The standard InChI is InChI=1S/C22H25ClN4O3/c1-15-13-26-27(8-2-4-19-5-3-9-30-19)22(29)20(15)11-21(28)25-14-17-10-18(23)7-6-16(17)12-24/h3,5-7,9-10,13H,2,4,8,11-12,14,24H2,1H3,(H,25,28). The lowest BCUT2D eigenvalue weighted by Crippen LogP contribution is -2.32. The second-order valence-corrected chi connectivity index (χ2v) is 7.52. The number of hydrogen-bond donors (Lipinski definition) is 2. The summed E-state index contributed by atoms with van der Waals surface area (Å²) in [6, 6.07) is 9.13. The molecule has 1 amide bonds. The number of amides is 1. The monoisotopic (exact) mass is 428 g/mol. The van der Waals surface area contributed by atoms with E-state index in [-0.39, 0.29) is 17.9 Å². The van der Waals surface area contributed by atoms with E-state index in [0.29, 0.717) is 48.6 Å². The number of benzene rings is 1. The van der Waals surface area contributed by atoms with Gasteiger partial charge in [-0.05, 0) is 54.3 Å². The Hall–Kier alpha value is -2.90. The molecule has 0 bridgehead atoms. The van der Waals surface area contributed by atoms with Crippen molar-refractivity contribution >= 4 is 17.5 Å². The van der Waals surface area contributed by atoms with Crippen LogP contribution < -0.4 is 16.6 Å². The zero-order valence-electron chi connectivity index (χ0n) is 16.9. The molecule has 0 spiro atoms. The Bertz CT molecular complexity index is 1060. The second-order valence-electron chi connectivity index (χ2n) is 7.09. The van der Waals surface area contributed by atoms with Crippen molar-refractivity contribution in [1.29, 1.82) is 0 Å². The normalized spacial score (nSPS) is 10.9. The maximum atomic E-state index is 12.8. The predicted octanol–water partition coefficient (Wildman–Crippen LogP) is 2.75. The molecule has 158 valence electrons. The van der Waals surface area contributed by atoms with Gasteiger partial charge in [-0.1, -0.05) is 17.7 Å². The van der Waals surface area contributed by atoms with Crippen molar-refractivity contribution in [3.63, 3.8) is 0 Å². The third-order valence-electron chi connectivity index (χ3n) is 4.93. The van der Waals surface area contributed by atoms with Gasteiger partial charge in [-0.3, -0.25) is 9.59 Å². The van der Waals surface area contributed by atoms with Crippen LogP contribution in [0.5, 0.6) is 0 Å². The van der Waals surface area contributed by atoms with Crippen molar-refractivity contribution in [2.45, 2.75) is 45.8 Å². The zero-order valence-corrected chi connectivity index (χ0v) is 17.6. The minimum Gasteiger partial charge on any atom is -0.469 e. The third-order valence-corrected chi connectivity index (χ3v) is 5.17. The van der Waals surface area contributed by atoms with Crippen LogP contribution in [0.25, 0.3) is 0 Å². The van der Waals surface area contributed by atoms with Crippen molar-refractivity contribution in [3.8, 4) is 0 Å². The summed E-state index contributed by atoms with van der Waals surface area (Å²) in [7, 11) is 0. The van der Waals surface area contributed by atoms with Crippen LogP contribution in [0.15, 0.2) is 52.0 Å². The number of halogens is 1. The maximum Gasteiger partial charge on any atom is 0.270 e. The Morgan fingerprint density at radius 2 is 2.13 bits per heavy atom. The average Bonchev–Trinajstić information content (AvgIpc) is 3.25. The first-order chi connectivity index (χ1) is 14.5. The molecule has 0 aliphatic carbocycles. The van der Waals surface area contributed by atoms with Crippen LogP contribution in [-0.4, -0.2) is 15.7 Å². The predicted molar refractivity (Wildman–Crippen MR) is 115 cm³/mol. The quantitative estimate of drug-likeness (QED) is 0.545. The second kappa shape index (κ2) is 10.2. The van der Waals surface area contributed by atoms with E-state index in [1.54, 1.807) is 31.5 Å². The minimum atomic E-state index is -0.244. The van der Waals surface area contributed by atoms with Gasteiger partial charge >= 0.3 is 0 Å². The Labute approximate surface area is 179 Å². The topological polar surface area (TPSA) is 103 Å². The maximum absolute atomic E-state index is 12.8. The van der Waals surface area contributed by atoms with Crippen molar-refractivity contribution in [1.82, 2.24) is 15.1 Å². The Kier molecular flexibility index (Phi) is 7.43. The number of carbonyl (C=O) groups is 1. The molecule has 1 aromatic carbocycles. The van der Waals surface area contributed by atoms with E-state index in [2.05, 4.69) is 10.4 Å². The van der Waals surface area contributed by atoms with Gasteiger partial charge < -0.3 is 15.5 Å². The first-order valence-corrected chi connectivity index (χ1v) is 10.2. The molecule has 0 unspecified atom stereocenters. The lowest BCUT2D eigenvalue weighted by molar-refractivity contribution is -0.120. The van der Waals surface area contributed by atoms with Crippen LogP contribution in [0.2, 0.25) is 5.02 Å². The van der Waals surface area contributed by atoms with Crippen LogP contribution in [0, 0.1) is 6.92 Å². The number of nitrogens with zero attached hydrogens (tertiary/aromatic N) is 2. The van der Waals surface area contributed by atoms with E-state index in [0.717, 1.165) is 16.9 Å².